The molecule has 3 heterocycles. The fourth-order valence-corrected chi connectivity index (χ4v) is 3.13. The number of nitrogens with two attached hydrogens (primary N) is 1. The molecule has 0 bridgehead atoms. The van der Waals surface area contributed by atoms with Crippen molar-refractivity contribution in [3.8, 4) is 0 Å². The van der Waals surface area contributed by atoms with Crippen LogP contribution in [0.25, 0.3) is 0 Å². The Balaban J connectivity index is 0.00000147. The van der Waals surface area contributed by atoms with Gasteiger partial charge < -0.3 is 10.3 Å². The largest absolute Gasteiger partial charge is 0.375 e. The molecule has 0 aliphatic carbocycles. The summed E-state index contributed by atoms with van der Waals surface area (Å²) in [4.78, 5) is 7.66. The summed E-state index contributed by atoms with van der Waals surface area (Å²) in [6, 6.07) is 0. The predicted octanol–water partition coefficient (Wildman–Crippen LogP) is 1.88. The maximum atomic E-state index is 5.66. The lowest BCUT2D eigenvalue weighted by atomic mass is 10.2. The van der Waals surface area contributed by atoms with Gasteiger partial charge in [0.15, 0.2) is 5.13 Å². The Morgan fingerprint density at radius 3 is 2.80 bits per heavy atom. The van der Waals surface area contributed by atoms with Gasteiger partial charge in [-0.15, -0.1) is 33.9 Å². The number of fused-ring (bicyclic) bond motifs is 1. The third-order valence-corrected chi connectivity index (χ3v) is 4.14. The van der Waals surface area contributed by atoms with Crippen molar-refractivity contribution in [2.75, 3.05) is 12.3 Å². The van der Waals surface area contributed by atoms with Crippen LogP contribution in [-0.4, -0.2) is 31.2 Å². The second kappa shape index (κ2) is 6.07. The number of hydrogen-bond acceptors (Lipinski definition) is 6. The second-order valence-electron chi connectivity index (χ2n) is 5.16. The summed E-state index contributed by atoms with van der Waals surface area (Å²) in [6.45, 7) is 8.02. The van der Waals surface area contributed by atoms with E-state index in [9.17, 15) is 0 Å². The molecular weight excluding hydrogens is 296 g/mol. The van der Waals surface area contributed by atoms with Crippen molar-refractivity contribution in [1.82, 2.24) is 24.6 Å². The molecule has 6 nitrogen and oxygen atoms in total. The van der Waals surface area contributed by atoms with Crippen LogP contribution in [0.3, 0.4) is 0 Å². The third kappa shape index (κ3) is 2.94. The van der Waals surface area contributed by atoms with Gasteiger partial charge in [0.25, 0.3) is 0 Å². The molecule has 2 aromatic heterocycles. The Morgan fingerprint density at radius 2 is 2.15 bits per heavy atom. The molecule has 0 amide bonds. The highest BCUT2D eigenvalue weighted by Gasteiger charge is 2.22. The molecule has 8 heteroatoms. The van der Waals surface area contributed by atoms with Gasteiger partial charge in [0.2, 0.25) is 0 Å². The van der Waals surface area contributed by atoms with Crippen LogP contribution in [0, 0.1) is 0 Å². The maximum absolute atomic E-state index is 5.66. The first-order valence-electron chi connectivity index (χ1n) is 6.48. The highest BCUT2D eigenvalue weighted by atomic mass is 35.5. The SMILES string of the molecule is CC(C)c1nnc2n1CCN(Cc1cnc(N)s1)C2.Cl. The summed E-state index contributed by atoms with van der Waals surface area (Å²) >= 11 is 1.55. The van der Waals surface area contributed by atoms with Gasteiger partial charge in [-0.1, -0.05) is 13.8 Å². The van der Waals surface area contributed by atoms with E-state index < -0.39 is 0 Å². The zero-order valence-corrected chi connectivity index (χ0v) is 13.2. The molecule has 110 valence electrons. The van der Waals surface area contributed by atoms with Crippen molar-refractivity contribution in [2.24, 2.45) is 0 Å². The summed E-state index contributed by atoms with van der Waals surface area (Å²) in [5.41, 5.74) is 5.66. The molecule has 1 aliphatic heterocycles. The predicted molar refractivity (Wildman–Crippen MR) is 82.0 cm³/mol. The van der Waals surface area contributed by atoms with Gasteiger partial charge in [0.05, 0.1) is 6.54 Å². The molecule has 0 atom stereocenters. The van der Waals surface area contributed by atoms with Gasteiger partial charge in [-0.05, 0) is 0 Å². The van der Waals surface area contributed by atoms with Crippen LogP contribution < -0.4 is 5.73 Å². The first kappa shape index (κ1) is 15.2. The minimum Gasteiger partial charge on any atom is -0.375 e. The van der Waals surface area contributed by atoms with E-state index in [1.54, 1.807) is 11.3 Å². The average Bonchev–Trinajstić information content (AvgIpc) is 2.95. The lowest BCUT2D eigenvalue weighted by Crippen LogP contribution is -2.33. The van der Waals surface area contributed by atoms with Crippen LogP contribution >= 0.6 is 23.7 Å². The number of anilines is 1. The van der Waals surface area contributed by atoms with Crippen molar-refractivity contribution in [1.29, 1.82) is 0 Å². The van der Waals surface area contributed by atoms with E-state index >= 15 is 0 Å². The number of rotatable bonds is 3. The zero-order valence-electron chi connectivity index (χ0n) is 11.6. The molecule has 3 rings (SSSR count). The van der Waals surface area contributed by atoms with Crippen LogP contribution in [0.2, 0.25) is 0 Å². The second-order valence-corrected chi connectivity index (χ2v) is 6.30. The molecule has 0 spiro atoms. The Labute approximate surface area is 128 Å². The number of hydrogen-bond donors (Lipinski definition) is 1. The first-order chi connectivity index (χ1) is 9.13. The van der Waals surface area contributed by atoms with E-state index in [0.717, 1.165) is 37.8 Å². The highest BCUT2D eigenvalue weighted by Crippen LogP contribution is 2.21. The van der Waals surface area contributed by atoms with Crippen molar-refractivity contribution < 1.29 is 0 Å². The Hall–Kier alpha value is -1.18. The molecule has 0 saturated carbocycles. The van der Waals surface area contributed by atoms with E-state index in [0.29, 0.717) is 11.0 Å². The number of aromatic nitrogens is 4. The minimum atomic E-state index is 0. The first-order valence-corrected chi connectivity index (χ1v) is 7.29. The van der Waals surface area contributed by atoms with E-state index in [2.05, 4.69) is 38.5 Å². The summed E-state index contributed by atoms with van der Waals surface area (Å²) < 4.78 is 2.25. The van der Waals surface area contributed by atoms with Gasteiger partial charge in [-0.25, -0.2) is 4.98 Å². The molecule has 2 aromatic rings. The van der Waals surface area contributed by atoms with E-state index in [1.807, 2.05) is 6.20 Å². The number of nitrogen functional groups attached to an aromatic ring is 1. The van der Waals surface area contributed by atoms with Gasteiger partial charge in [-0.2, -0.15) is 0 Å². The summed E-state index contributed by atoms with van der Waals surface area (Å²) in [5.74, 6) is 2.58. The van der Waals surface area contributed by atoms with Crippen molar-refractivity contribution in [3.63, 3.8) is 0 Å². The van der Waals surface area contributed by atoms with Crippen molar-refractivity contribution >= 4 is 28.9 Å². The quantitative estimate of drug-likeness (QED) is 0.936. The van der Waals surface area contributed by atoms with Crippen LogP contribution in [-0.2, 0) is 19.6 Å². The van der Waals surface area contributed by atoms with Crippen LogP contribution in [0.15, 0.2) is 6.20 Å². The molecule has 20 heavy (non-hydrogen) atoms. The average molecular weight is 315 g/mol. The maximum Gasteiger partial charge on any atom is 0.180 e. The van der Waals surface area contributed by atoms with Crippen LogP contribution in [0.4, 0.5) is 5.13 Å². The molecular formula is C12H19ClN6S. The summed E-state index contributed by atoms with van der Waals surface area (Å²) in [5, 5.41) is 9.25. The van der Waals surface area contributed by atoms with Gasteiger partial charge >= 0.3 is 0 Å². The lowest BCUT2D eigenvalue weighted by Gasteiger charge is -2.27. The normalized spacial score (nSPS) is 15.2. The fraction of sp³-hybridized carbons (Fsp3) is 0.583. The Bertz CT molecular complexity index is 578. The summed E-state index contributed by atoms with van der Waals surface area (Å²) in [6.07, 6.45) is 1.86. The van der Waals surface area contributed by atoms with E-state index in [1.165, 1.54) is 4.88 Å². The highest BCUT2D eigenvalue weighted by molar-refractivity contribution is 7.15. The van der Waals surface area contributed by atoms with Gasteiger partial charge in [0, 0.05) is 36.6 Å². The number of halogens is 1. The van der Waals surface area contributed by atoms with Crippen molar-refractivity contribution in [3.05, 3.63) is 22.7 Å². The molecule has 0 unspecified atom stereocenters. The van der Waals surface area contributed by atoms with E-state index in [-0.39, 0.29) is 12.4 Å². The molecule has 0 fully saturated rings. The fourth-order valence-electron chi connectivity index (χ4n) is 2.41. The van der Waals surface area contributed by atoms with Crippen LogP contribution in [0.5, 0.6) is 0 Å². The summed E-state index contributed by atoms with van der Waals surface area (Å²) in [7, 11) is 0. The number of thiazole rings is 1. The molecule has 0 radical (unpaired) electrons. The third-order valence-electron chi connectivity index (χ3n) is 3.33. The van der Waals surface area contributed by atoms with E-state index in [4.69, 9.17) is 5.73 Å². The molecule has 1 aliphatic rings. The molecule has 0 saturated heterocycles. The van der Waals surface area contributed by atoms with Gasteiger partial charge in [-0.3, -0.25) is 4.90 Å². The lowest BCUT2D eigenvalue weighted by molar-refractivity contribution is 0.208. The smallest absolute Gasteiger partial charge is 0.180 e. The molecule has 0 aromatic carbocycles. The number of nitrogens with zero attached hydrogens (tertiary/aromatic N) is 5. The topological polar surface area (TPSA) is 72.9 Å². The van der Waals surface area contributed by atoms with Crippen LogP contribution in [0.1, 0.15) is 36.3 Å². The Kier molecular flexibility index (Phi) is 4.62. The monoisotopic (exact) mass is 314 g/mol. The van der Waals surface area contributed by atoms with Gasteiger partial charge in [0.1, 0.15) is 11.6 Å². The standard InChI is InChI=1S/C12H18N6S.ClH/c1-8(2)11-16-15-10-7-17(3-4-18(10)11)6-9-5-14-12(13)19-9;/h5,8H,3-4,6-7H2,1-2H3,(H2,13,14);1H. The minimum absolute atomic E-state index is 0. The molecule has 2 N–H and O–H groups in total. The Morgan fingerprint density at radius 1 is 1.35 bits per heavy atom. The zero-order chi connectivity index (χ0) is 13.4. The van der Waals surface area contributed by atoms with Crippen molar-refractivity contribution in [2.45, 2.75) is 39.4 Å².